The van der Waals surface area contributed by atoms with Crippen LogP contribution < -0.4 is 4.90 Å². The van der Waals surface area contributed by atoms with Crippen LogP contribution in [0.3, 0.4) is 0 Å². The number of carbonyl (C=O) groups is 1. The molecule has 1 aromatic rings. The van der Waals surface area contributed by atoms with Gasteiger partial charge in [0.2, 0.25) is 5.91 Å². The SMILES string of the molecule is CCCC(CCC)N(C(=O)CC(C)(C)C)c1cccc(Cl)c1. The number of carbonyl (C=O) groups excluding carboxylic acids is 1. The average Bonchev–Trinajstić information content (AvgIpc) is 2.37. The first-order valence-corrected chi connectivity index (χ1v) is 8.74. The first-order valence-electron chi connectivity index (χ1n) is 8.36. The van der Waals surface area contributed by atoms with Gasteiger partial charge in [0.25, 0.3) is 0 Å². The minimum absolute atomic E-state index is 0.0170. The maximum absolute atomic E-state index is 12.9. The van der Waals surface area contributed by atoms with Gasteiger partial charge in [-0.05, 0) is 36.5 Å². The van der Waals surface area contributed by atoms with Crippen LogP contribution >= 0.6 is 11.6 Å². The molecule has 124 valence electrons. The largest absolute Gasteiger partial charge is 0.309 e. The minimum atomic E-state index is -0.0170. The Morgan fingerprint density at radius 2 is 1.77 bits per heavy atom. The summed E-state index contributed by atoms with van der Waals surface area (Å²) >= 11 is 6.15. The van der Waals surface area contributed by atoms with E-state index in [1.165, 1.54) is 0 Å². The van der Waals surface area contributed by atoms with Gasteiger partial charge < -0.3 is 4.90 Å². The maximum Gasteiger partial charge on any atom is 0.227 e. The van der Waals surface area contributed by atoms with Crippen molar-refractivity contribution >= 4 is 23.2 Å². The van der Waals surface area contributed by atoms with Crippen molar-refractivity contribution in [3.05, 3.63) is 29.3 Å². The summed E-state index contributed by atoms with van der Waals surface area (Å²) in [5.41, 5.74) is 0.908. The molecule has 1 rings (SSSR count). The van der Waals surface area contributed by atoms with Crippen molar-refractivity contribution in [2.24, 2.45) is 5.41 Å². The zero-order valence-electron chi connectivity index (χ0n) is 14.7. The Hall–Kier alpha value is -1.02. The van der Waals surface area contributed by atoms with Gasteiger partial charge in [0.05, 0.1) is 0 Å². The first-order chi connectivity index (χ1) is 10.3. The Morgan fingerprint density at radius 3 is 2.23 bits per heavy atom. The smallest absolute Gasteiger partial charge is 0.227 e. The number of halogens is 1. The number of anilines is 1. The molecule has 0 saturated heterocycles. The van der Waals surface area contributed by atoms with E-state index in [-0.39, 0.29) is 17.4 Å². The molecular weight excluding hydrogens is 294 g/mol. The molecule has 0 aliphatic carbocycles. The predicted molar refractivity (Wildman–Crippen MR) is 96.6 cm³/mol. The third kappa shape index (κ3) is 6.00. The number of benzene rings is 1. The van der Waals surface area contributed by atoms with Crippen molar-refractivity contribution in [3.63, 3.8) is 0 Å². The van der Waals surface area contributed by atoms with E-state index in [1.807, 2.05) is 29.2 Å². The van der Waals surface area contributed by atoms with Gasteiger partial charge in [-0.1, -0.05) is 65.1 Å². The molecule has 0 heterocycles. The quantitative estimate of drug-likeness (QED) is 0.595. The molecule has 0 aromatic heterocycles. The maximum atomic E-state index is 12.9. The first kappa shape index (κ1) is 19.0. The van der Waals surface area contributed by atoms with Crippen molar-refractivity contribution in [3.8, 4) is 0 Å². The molecule has 0 radical (unpaired) electrons. The molecule has 3 heteroatoms. The fraction of sp³-hybridized carbons (Fsp3) is 0.632. The van der Waals surface area contributed by atoms with Crippen LogP contribution in [-0.4, -0.2) is 11.9 Å². The van der Waals surface area contributed by atoms with Crippen molar-refractivity contribution < 1.29 is 4.79 Å². The van der Waals surface area contributed by atoms with E-state index >= 15 is 0 Å². The Labute approximate surface area is 140 Å². The van der Waals surface area contributed by atoms with Crippen LogP contribution in [0.4, 0.5) is 5.69 Å². The third-order valence-corrected chi connectivity index (χ3v) is 3.88. The van der Waals surface area contributed by atoms with Crippen LogP contribution in [0.15, 0.2) is 24.3 Å². The normalized spacial score (nSPS) is 11.8. The zero-order valence-corrected chi connectivity index (χ0v) is 15.4. The van der Waals surface area contributed by atoms with Gasteiger partial charge in [0, 0.05) is 23.2 Å². The number of hydrogen-bond acceptors (Lipinski definition) is 1. The molecule has 2 nitrogen and oxygen atoms in total. The van der Waals surface area contributed by atoms with Crippen LogP contribution in [0.2, 0.25) is 5.02 Å². The summed E-state index contributed by atoms with van der Waals surface area (Å²) in [4.78, 5) is 14.9. The highest BCUT2D eigenvalue weighted by atomic mass is 35.5. The average molecular weight is 324 g/mol. The molecule has 0 atom stereocenters. The second kappa shape index (κ2) is 8.57. The van der Waals surface area contributed by atoms with E-state index in [2.05, 4.69) is 34.6 Å². The fourth-order valence-corrected chi connectivity index (χ4v) is 2.98. The minimum Gasteiger partial charge on any atom is -0.309 e. The second-order valence-corrected chi connectivity index (χ2v) is 7.65. The lowest BCUT2D eigenvalue weighted by Crippen LogP contribution is -2.42. The summed E-state index contributed by atoms with van der Waals surface area (Å²) in [6.07, 6.45) is 4.74. The highest BCUT2D eigenvalue weighted by molar-refractivity contribution is 6.30. The highest BCUT2D eigenvalue weighted by Gasteiger charge is 2.27. The molecule has 1 aromatic carbocycles. The molecule has 1 amide bonds. The van der Waals surface area contributed by atoms with E-state index in [9.17, 15) is 4.79 Å². The predicted octanol–water partition coefficient (Wildman–Crippen LogP) is 6.08. The molecule has 0 aliphatic rings. The van der Waals surface area contributed by atoms with Gasteiger partial charge in [-0.25, -0.2) is 0 Å². The number of hydrogen-bond donors (Lipinski definition) is 0. The summed E-state index contributed by atoms with van der Waals surface area (Å²) in [6.45, 7) is 10.7. The zero-order chi connectivity index (χ0) is 16.8. The molecule has 0 unspecified atom stereocenters. The van der Waals surface area contributed by atoms with E-state index < -0.39 is 0 Å². The van der Waals surface area contributed by atoms with Gasteiger partial charge in [0.15, 0.2) is 0 Å². The lowest BCUT2D eigenvalue weighted by Gasteiger charge is -2.34. The second-order valence-electron chi connectivity index (χ2n) is 7.21. The molecule has 22 heavy (non-hydrogen) atoms. The van der Waals surface area contributed by atoms with Crippen molar-refractivity contribution in [1.29, 1.82) is 0 Å². The summed E-state index contributed by atoms with van der Waals surface area (Å²) in [5, 5.41) is 0.679. The molecule has 0 bridgehead atoms. The lowest BCUT2D eigenvalue weighted by atomic mass is 9.90. The molecule has 0 spiro atoms. The molecule has 0 N–H and O–H groups in total. The monoisotopic (exact) mass is 323 g/mol. The van der Waals surface area contributed by atoms with Crippen LogP contribution in [0.25, 0.3) is 0 Å². The van der Waals surface area contributed by atoms with Crippen LogP contribution in [0.1, 0.15) is 66.7 Å². The summed E-state index contributed by atoms with van der Waals surface area (Å²) < 4.78 is 0. The Balaban J connectivity index is 3.15. The Kier molecular flexibility index (Phi) is 7.41. The topological polar surface area (TPSA) is 20.3 Å². The van der Waals surface area contributed by atoms with Crippen molar-refractivity contribution in [1.82, 2.24) is 0 Å². The molecular formula is C19H30ClNO. The standard InChI is InChI=1S/C19H30ClNO/c1-6-9-16(10-7-2)21(18(22)14-19(3,4)5)17-12-8-11-15(20)13-17/h8,11-13,16H,6-7,9-10,14H2,1-5H3. The van der Waals surface area contributed by atoms with Crippen LogP contribution in [0, 0.1) is 5.41 Å². The van der Waals surface area contributed by atoms with E-state index in [1.54, 1.807) is 0 Å². The molecule has 0 saturated carbocycles. The van der Waals surface area contributed by atoms with E-state index in [0.29, 0.717) is 11.4 Å². The third-order valence-electron chi connectivity index (χ3n) is 3.65. The Bertz CT molecular complexity index is 473. The number of amides is 1. The van der Waals surface area contributed by atoms with Gasteiger partial charge in [-0.3, -0.25) is 4.79 Å². The lowest BCUT2D eigenvalue weighted by molar-refractivity contribution is -0.120. The van der Waals surface area contributed by atoms with Crippen molar-refractivity contribution in [2.45, 2.75) is 72.8 Å². The summed E-state index contributed by atoms with van der Waals surface area (Å²) in [5.74, 6) is 0.196. The molecule has 0 fully saturated rings. The van der Waals surface area contributed by atoms with Crippen molar-refractivity contribution in [2.75, 3.05) is 4.90 Å². The Morgan fingerprint density at radius 1 is 1.18 bits per heavy atom. The molecule has 0 aliphatic heterocycles. The van der Waals surface area contributed by atoms with Crippen LogP contribution in [0.5, 0.6) is 0 Å². The van der Waals surface area contributed by atoms with Gasteiger partial charge >= 0.3 is 0 Å². The number of rotatable bonds is 7. The fourth-order valence-electron chi connectivity index (χ4n) is 2.79. The summed E-state index contributed by atoms with van der Waals surface area (Å²) in [6, 6.07) is 7.92. The van der Waals surface area contributed by atoms with Gasteiger partial charge in [0.1, 0.15) is 0 Å². The van der Waals surface area contributed by atoms with E-state index in [0.717, 1.165) is 31.4 Å². The highest BCUT2D eigenvalue weighted by Crippen LogP contribution is 2.29. The summed E-state index contributed by atoms with van der Waals surface area (Å²) in [7, 11) is 0. The van der Waals surface area contributed by atoms with Gasteiger partial charge in [-0.2, -0.15) is 0 Å². The van der Waals surface area contributed by atoms with Crippen LogP contribution in [-0.2, 0) is 4.79 Å². The van der Waals surface area contributed by atoms with E-state index in [4.69, 9.17) is 11.6 Å². The number of nitrogens with zero attached hydrogens (tertiary/aromatic N) is 1. The van der Waals surface area contributed by atoms with Gasteiger partial charge in [-0.15, -0.1) is 0 Å².